The fraction of sp³-hybridized carbons (Fsp3) is 0.833. The number of hydrogen-bond donors (Lipinski definition) is 1. The largest absolute Gasteiger partial charge is 0.469 e. The Morgan fingerprint density at radius 3 is 2.56 bits per heavy atom. The average molecular weight is 275 g/mol. The maximum Gasteiger partial charge on any atom is 0.407 e. The fourth-order valence-corrected chi connectivity index (χ4v) is 3.11. The molecule has 1 aliphatic rings. The van der Waals surface area contributed by atoms with Gasteiger partial charge in [-0.25, -0.2) is 4.79 Å². The van der Waals surface area contributed by atoms with Gasteiger partial charge in [0.1, 0.15) is 5.60 Å². The Kier molecular flexibility index (Phi) is 5.31. The minimum Gasteiger partial charge on any atom is -0.469 e. The smallest absolute Gasteiger partial charge is 0.407 e. The zero-order valence-electron chi connectivity index (χ0n) is 11.3. The van der Waals surface area contributed by atoms with Gasteiger partial charge in [-0.15, -0.1) is 0 Å². The van der Waals surface area contributed by atoms with Gasteiger partial charge >= 0.3 is 12.1 Å². The second-order valence-corrected chi connectivity index (χ2v) is 6.41. The van der Waals surface area contributed by atoms with E-state index < -0.39 is 11.7 Å². The summed E-state index contributed by atoms with van der Waals surface area (Å²) in [6.07, 6.45) is -0.0888. The third kappa shape index (κ3) is 5.16. The zero-order valence-corrected chi connectivity index (χ0v) is 12.1. The molecule has 2 unspecified atom stereocenters. The summed E-state index contributed by atoms with van der Waals surface area (Å²) in [5.74, 6) is 1.55. The summed E-state index contributed by atoms with van der Waals surface area (Å²) in [7, 11) is 1.38. The molecule has 1 N–H and O–H groups in total. The summed E-state index contributed by atoms with van der Waals surface area (Å²) >= 11 is 1.72. The monoisotopic (exact) mass is 275 g/mol. The van der Waals surface area contributed by atoms with Crippen LogP contribution in [-0.2, 0) is 14.3 Å². The number of thioether (sulfide) groups is 1. The van der Waals surface area contributed by atoms with Crippen molar-refractivity contribution < 1.29 is 19.1 Å². The molecule has 0 saturated carbocycles. The Morgan fingerprint density at radius 2 is 2.00 bits per heavy atom. The van der Waals surface area contributed by atoms with E-state index in [4.69, 9.17) is 4.74 Å². The highest BCUT2D eigenvalue weighted by molar-refractivity contribution is 7.99. The first-order valence-corrected chi connectivity index (χ1v) is 7.11. The van der Waals surface area contributed by atoms with Gasteiger partial charge in [0.2, 0.25) is 0 Å². The number of nitrogens with one attached hydrogen (secondary N) is 1. The molecule has 1 heterocycles. The van der Waals surface area contributed by atoms with Crippen LogP contribution in [0.25, 0.3) is 0 Å². The summed E-state index contributed by atoms with van der Waals surface area (Å²) in [5, 5.41) is 2.83. The van der Waals surface area contributed by atoms with Crippen LogP contribution in [0.3, 0.4) is 0 Å². The van der Waals surface area contributed by atoms with Gasteiger partial charge in [0, 0.05) is 11.8 Å². The molecule has 0 aromatic rings. The topological polar surface area (TPSA) is 64.6 Å². The Hall–Kier alpha value is -0.910. The van der Waals surface area contributed by atoms with Crippen molar-refractivity contribution in [3.05, 3.63) is 0 Å². The van der Waals surface area contributed by atoms with E-state index in [9.17, 15) is 9.59 Å². The van der Waals surface area contributed by atoms with Gasteiger partial charge in [0.05, 0.1) is 13.5 Å². The summed E-state index contributed by atoms with van der Waals surface area (Å²) in [4.78, 5) is 22.9. The summed E-state index contributed by atoms with van der Waals surface area (Å²) < 4.78 is 9.86. The van der Waals surface area contributed by atoms with E-state index in [1.54, 1.807) is 11.8 Å². The number of rotatable bonds is 3. The van der Waals surface area contributed by atoms with Crippen LogP contribution in [0.2, 0.25) is 0 Å². The van der Waals surface area contributed by atoms with Crippen molar-refractivity contribution in [2.75, 3.05) is 18.6 Å². The van der Waals surface area contributed by atoms with Crippen LogP contribution >= 0.6 is 11.8 Å². The maximum atomic E-state index is 11.7. The number of methoxy groups -OCH3 is 1. The molecule has 1 amide bonds. The molecule has 0 bridgehead atoms. The molecule has 1 fully saturated rings. The standard InChI is InChI=1S/C12H21NO4S/c1-12(2,3)17-11(15)13-9-7-18-6-8(9)5-10(14)16-4/h8-9H,5-7H2,1-4H3,(H,13,15). The molecule has 1 saturated heterocycles. The highest BCUT2D eigenvalue weighted by atomic mass is 32.2. The molecular formula is C12H21NO4S. The first-order chi connectivity index (χ1) is 8.31. The molecule has 18 heavy (non-hydrogen) atoms. The molecule has 0 aromatic heterocycles. The van der Waals surface area contributed by atoms with Crippen LogP contribution < -0.4 is 5.32 Å². The quantitative estimate of drug-likeness (QED) is 0.796. The van der Waals surface area contributed by atoms with Gasteiger partial charge in [-0.05, 0) is 32.4 Å². The van der Waals surface area contributed by atoms with Gasteiger partial charge in [-0.3, -0.25) is 4.79 Å². The van der Waals surface area contributed by atoms with Gasteiger partial charge < -0.3 is 14.8 Å². The molecule has 0 aromatic carbocycles. The summed E-state index contributed by atoms with van der Waals surface area (Å²) in [5.41, 5.74) is -0.506. The van der Waals surface area contributed by atoms with Crippen molar-refractivity contribution in [1.29, 1.82) is 0 Å². The molecule has 1 aliphatic heterocycles. The second kappa shape index (κ2) is 6.31. The van der Waals surface area contributed by atoms with Crippen molar-refractivity contribution in [2.24, 2.45) is 5.92 Å². The van der Waals surface area contributed by atoms with Crippen LogP contribution in [0.5, 0.6) is 0 Å². The van der Waals surface area contributed by atoms with E-state index in [-0.39, 0.29) is 17.9 Å². The van der Waals surface area contributed by atoms with Crippen molar-refractivity contribution in [1.82, 2.24) is 5.32 Å². The number of amides is 1. The number of alkyl carbamates (subject to hydrolysis) is 1. The lowest BCUT2D eigenvalue weighted by Crippen LogP contribution is -2.43. The van der Waals surface area contributed by atoms with Gasteiger partial charge in [-0.1, -0.05) is 0 Å². The summed E-state index contributed by atoms with van der Waals surface area (Å²) in [6.45, 7) is 5.46. The van der Waals surface area contributed by atoms with E-state index in [1.807, 2.05) is 20.8 Å². The van der Waals surface area contributed by atoms with Crippen LogP contribution in [0.1, 0.15) is 27.2 Å². The van der Waals surface area contributed by atoms with Crippen molar-refractivity contribution in [3.8, 4) is 0 Å². The van der Waals surface area contributed by atoms with Crippen LogP contribution in [0.15, 0.2) is 0 Å². The van der Waals surface area contributed by atoms with Crippen molar-refractivity contribution in [3.63, 3.8) is 0 Å². The van der Waals surface area contributed by atoms with Crippen LogP contribution in [-0.4, -0.2) is 42.3 Å². The second-order valence-electron chi connectivity index (χ2n) is 5.33. The predicted molar refractivity (Wildman–Crippen MR) is 70.6 cm³/mol. The highest BCUT2D eigenvalue weighted by Crippen LogP contribution is 2.27. The van der Waals surface area contributed by atoms with E-state index in [0.717, 1.165) is 11.5 Å². The third-order valence-electron chi connectivity index (χ3n) is 2.56. The molecule has 1 rings (SSSR count). The number of hydrogen-bond acceptors (Lipinski definition) is 5. The fourth-order valence-electron chi connectivity index (χ4n) is 1.72. The van der Waals surface area contributed by atoms with Gasteiger partial charge in [-0.2, -0.15) is 11.8 Å². The lowest BCUT2D eigenvalue weighted by Gasteiger charge is -2.23. The number of carbonyl (C=O) groups excluding carboxylic acids is 2. The van der Waals surface area contributed by atoms with Crippen molar-refractivity contribution >= 4 is 23.8 Å². The Labute approximate surface area is 112 Å². The average Bonchev–Trinajstić information content (AvgIpc) is 2.62. The lowest BCUT2D eigenvalue weighted by molar-refractivity contribution is -0.141. The minimum absolute atomic E-state index is 0.0241. The highest BCUT2D eigenvalue weighted by Gasteiger charge is 2.32. The lowest BCUT2D eigenvalue weighted by atomic mass is 10.0. The Morgan fingerprint density at radius 1 is 1.33 bits per heavy atom. The Balaban J connectivity index is 2.45. The number of esters is 1. The predicted octanol–water partition coefficient (Wildman–Crippen LogP) is 1.81. The third-order valence-corrected chi connectivity index (χ3v) is 3.82. The molecule has 0 radical (unpaired) electrons. The molecule has 0 aliphatic carbocycles. The zero-order chi connectivity index (χ0) is 13.8. The summed E-state index contributed by atoms with van der Waals surface area (Å²) in [6, 6.07) is -0.0241. The van der Waals surface area contributed by atoms with Crippen LogP contribution in [0, 0.1) is 5.92 Å². The molecule has 104 valence electrons. The number of ether oxygens (including phenoxy) is 2. The molecule has 2 atom stereocenters. The normalized spacial score (nSPS) is 23.6. The minimum atomic E-state index is -0.506. The van der Waals surface area contributed by atoms with E-state index in [1.165, 1.54) is 7.11 Å². The van der Waals surface area contributed by atoms with E-state index >= 15 is 0 Å². The first kappa shape index (κ1) is 15.1. The van der Waals surface area contributed by atoms with Gasteiger partial charge in [0.25, 0.3) is 0 Å². The van der Waals surface area contributed by atoms with Crippen LogP contribution in [0.4, 0.5) is 4.79 Å². The van der Waals surface area contributed by atoms with Gasteiger partial charge in [0.15, 0.2) is 0 Å². The Bertz CT molecular complexity index is 314. The number of carbonyl (C=O) groups is 2. The molecule has 0 spiro atoms. The maximum absolute atomic E-state index is 11.7. The molecular weight excluding hydrogens is 254 g/mol. The van der Waals surface area contributed by atoms with E-state index in [2.05, 4.69) is 10.1 Å². The van der Waals surface area contributed by atoms with E-state index in [0.29, 0.717) is 6.42 Å². The van der Waals surface area contributed by atoms with Crippen molar-refractivity contribution in [2.45, 2.75) is 38.8 Å². The first-order valence-electron chi connectivity index (χ1n) is 5.96. The molecule has 5 nitrogen and oxygen atoms in total. The molecule has 6 heteroatoms. The SMILES string of the molecule is COC(=O)CC1CSCC1NC(=O)OC(C)(C)C.